The maximum absolute atomic E-state index is 12.5. The van der Waals surface area contributed by atoms with E-state index < -0.39 is 0 Å². The number of amides is 1. The lowest BCUT2D eigenvalue weighted by Gasteiger charge is -2.09. The Hall–Kier alpha value is -2.22. The van der Waals surface area contributed by atoms with Crippen LogP contribution in [0.5, 0.6) is 0 Å². The highest BCUT2D eigenvalue weighted by Gasteiger charge is 2.15. The van der Waals surface area contributed by atoms with Crippen LogP contribution in [-0.4, -0.2) is 21.6 Å². The number of fused-ring (bicyclic) bond motifs is 1. The number of nitrogens with zero attached hydrogens (tertiary/aromatic N) is 2. The molecular formula is C22H18BrN3OS2. The third kappa shape index (κ3) is 4.52. The third-order valence-corrected chi connectivity index (χ3v) is 6.97. The van der Waals surface area contributed by atoms with Crippen LogP contribution >= 0.6 is 39.0 Å². The zero-order valence-electron chi connectivity index (χ0n) is 15.9. The average Bonchev–Trinajstić information content (AvgIpc) is 3.14. The number of anilines is 1. The van der Waals surface area contributed by atoms with E-state index in [9.17, 15) is 4.79 Å². The summed E-state index contributed by atoms with van der Waals surface area (Å²) in [5, 5.41) is 6.90. The van der Waals surface area contributed by atoms with Crippen molar-refractivity contribution in [2.45, 2.75) is 18.9 Å². The van der Waals surface area contributed by atoms with Crippen LogP contribution in [0.25, 0.3) is 21.3 Å². The highest BCUT2D eigenvalue weighted by molar-refractivity contribution is 9.10. The van der Waals surface area contributed by atoms with Crippen molar-refractivity contribution >= 4 is 60.8 Å². The minimum absolute atomic E-state index is 0.0709. The summed E-state index contributed by atoms with van der Waals surface area (Å²) in [4.78, 5) is 22.3. The molecule has 0 spiro atoms. The van der Waals surface area contributed by atoms with Crippen molar-refractivity contribution in [3.05, 3.63) is 69.8 Å². The van der Waals surface area contributed by atoms with E-state index in [2.05, 4.69) is 67.8 Å². The van der Waals surface area contributed by atoms with Crippen molar-refractivity contribution in [2.75, 3.05) is 11.1 Å². The molecule has 0 aliphatic heterocycles. The van der Waals surface area contributed by atoms with E-state index in [4.69, 9.17) is 0 Å². The van der Waals surface area contributed by atoms with E-state index >= 15 is 0 Å². The number of thiophene rings is 1. The number of rotatable bonds is 5. The first-order valence-electron chi connectivity index (χ1n) is 8.99. The van der Waals surface area contributed by atoms with Gasteiger partial charge >= 0.3 is 0 Å². The summed E-state index contributed by atoms with van der Waals surface area (Å²) in [5.74, 6) is 0.203. The lowest BCUT2D eigenvalue weighted by molar-refractivity contribution is -0.113. The molecule has 4 nitrogen and oxygen atoms in total. The molecule has 29 heavy (non-hydrogen) atoms. The van der Waals surface area contributed by atoms with Crippen molar-refractivity contribution < 1.29 is 4.79 Å². The lowest BCUT2D eigenvalue weighted by atomic mass is 10.1. The molecule has 1 N–H and O–H groups in total. The Labute approximate surface area is 185 Å². The second-order valence-electron chi connectivity index (χ2n) is 6.69. The number of hydrogen-bond donors (Lipinski definition) is 1. The summed E-state index contributed by atoms with van der Waals surface area (Å²) >= 11 is 6.53. The van der Waals surface area contributed by atoms with Crippen molar-refractivity contribution in [2.24, 2.45) is 0 Å². The van der Waals surface area contributed by atoms with Gasteiger partial charge in [-0.2, -0.15) is 0 Å². The normalized spacial score (nSPS) is 11.0. The average molecular weight is 484 g/mol. The number of carbonyl (C=O) groups excluding carboxylic acids is 1. The Bertz CT molecular complexity index is 1190. The van der Waals surface area contributed by atoms with E-state index in [0.717, 1.165) is 42.1 Å². The molecule has 0 saturated heterocycles. The van der Waals surface area contributed by atoms with E-state index in [0.29, 0.717) is 0 Å². The van der Waals surface area contributed by atoms with Crippen LogP contribution < -0.4 is 5.32 Å². The molecular weight excluding hydrogens is 466 g/mol. The summed E-state index contributed by atoms with van der Waals surface area (Å²) in [6, 6.07) is 14.3. The van der Waals surface area contributed by atoms with Crippen LogP contribution in [0.3, 0.4) is 0 Å². The molecule has 0 aliphatic carbocycles. The van der Waals surface area contributed by atoms with Crippen LogP contribution in [-0.2, 0) is 4.79 Å². The van der Waals surface area contributed by atoms with E-state index in [1.807, 2.05) is 25.1 Å². The SMILES string of the molecule is Cc1ccc(-c2csc3ncnc(SCC(=O)Nc4ccc(C)cc4Br)c23)cc1. The van der Waals surface area contributed by atoms with E-state index in [1.54, 1.807) is 17.7 Å². The van der Waals surface area contributed by atoms with Gasteiger partial charge in [0.2, 0.25) is 5.91 Å². The van der Waals surface area contributed by atoms with Crippen LogP contribution in [0.1, 0.15) is 11.1 Å². The molecule has 1 amide bonds. The van der Waals surface area contributed by atoms with Gasteiger partial charge in [-0.05, 0) is 53.0 Å². The van der Waals surface area contributed by atoms with Crippen molar-refractivity contribution in [3.63, 3.8) is 0 Å². The van der Waals surface area contributed by atoms with E-state index in [1.165, 1.54) is 17.3 Å². The Morgan fingerprint density at radius 2 is 1.86 bits per heavy atom. The maximum atomic E-state index is 12.5. The first-order valence-corrected chi connectivity index (χ1v) is 11.6. The maximum Gasteiger partial charge on any atom is 0.234 e. The number of aryl methyl sites for hydroxylation is 2. The van der Waals surface area contributed by atoms with Gasteiger partial charge in [-0.15, -0.1) is 11.3 Å². The number of nitrogens with one attached hydrogen (secondary N) is 1. The molecule has 0 saturated carbocycles. The number of benzene rings is 2. The quantitative estimate of drug-likeness (QED) is 0.261. The van der Waals surface area contributed by atoms with Crippen molar-refractivity contribution in [1.29, 1.82) is 0 Å². The molecule has 146 valence electrons. The number of hydrogen-bond acceptors (Lipinski definition) is 5. The summed E-state index contributed by atoms with van der Waals surface area (Å²) < 4.78 is 0.875. The van der Waals surface area contributed by atoms with Crippen LogP contribution in [0.4, 0.5) is 5.69 Å². The number of halogens is 1. The van der Waals surface area contributed by atoms with Gasteiger partial charge in [0.05, 0.1) is 16.8 Å². The van der Waals surface area contributed by atoms with Gasteiger partial charge in [-0.25, -0.2) is 9.97 Å². The monoisotopic (exact) mass is 483 g/mol. The summed E-state index contributed by atoms with van der Waals surface area (Å²) in [6.45, 7) is 4.09. The highest BCUT2D eigenvalue weighted by atomic mass is 79.9. The molecule has 2 aromatic carbocycles. The number of thioether (sulfide) groups is 1. The van der Waals surface area contributed by atoms with Crippen molar-refractivity contribution in [1.82, 2.24) is 9.97 Å². The fraction of sp³-hybridized carbons (Fsp3) is 0.136. The van der Waals surface area contributed by atoms with Gasteiger partial charge in [0.25, 0.3) is 0 Å². The zero-order valence-corrected chi connectivity index (χ0v) is 19.1. The van der Waals surface area contributed by atoms with Gasteiger partial charge in [0, 0.05) is 15.4 Å². The highest BCUT2D eigenvalue weighted by Crippen LogP contribution is 2.38. The molecule has 0 fully saturated rings. The smallest absolute Gasteiger partial charge is 0.234 e. The topological polar surface area (TPSA) is 54.9 Å². The Balaban J connectivity index is 1.55. The minimum atomic E-state index is -0.0709. The largest absolute Gasteiger partial charge is 0.324 e. The molecule has 0 unspecified atom stereocenters. The standard InChI is InChI=1S/C22H18BrN3OS2/c1-13-3-6-15(7-4-13)16-10-28-21-20(16)22(25-12-24-21)29-11-19(27)26-18-8-5-14(2)9-17(18)23/h3-10,12H,11H2,1-2H3,(H,26,27). The lowest BCUT2D eigenvalue weighted by Crippen LogP contribution is -2.14. The molecule has 2 aromatic heterocycles. The van der Waals surface area contributed by atoms with Gasteiger partial charge in [-0.1, -0.05) is 47.7 Å². The second-order valence-corrected chi connectivity index (χ2v) is 9.37. The van der Waals surface area contributed by atoms with Crippen LogP contribution in [0, 0.1) is 13.8 Å². The molecule has 7 heteroatoms. The molecule has 0 atom stereocenters. The molecule has 0 aliphatic rings. The molecule has 4 aromatic rings. The molecule has 0 bridgehead atoms. The summed E-state index contributed by atoms with van der Waals surface area (Å²) in [5.41, 5.74) is 5.36. The fourth-order valence-corrected chi connectivity index (χ4v) is 5.33. The van der Waals surface area contributed by atoms with Gasteiger partial charge < -0.3 is 5.32 Å². The van der Waals surface area contributed by atoms with E-state index in [-0.39, 0.29) is 11.7 Å². The first kappa shape index (κ1) is 20.1. The first-order chi connectivity index (χ1) is 14.0. The predicted molar refractivity (Wildman–Crippen MR) is 126 cm³/mol. The molecule has 2 heterocycles. The molecule has 4 rings (SSSR count). The Kier molecular flexibility index (Phi) is 5.99. The molecule has 0 radical (unpaired) electrons. The third-order valence-electron chi connectivity index (χ3n) is 4.44. The van der Waals surface area contributed by atoms with Gasteiger partial charge in [0.1, 0.15) is 16.2 Å². The Morgan fingerprint density at radius 3 is 2.62 bits per heavy atom. The number of aromatic nitrogens is 2. The zero-order chi connectivity index (χ0) is 20.4. The second kappa shape index (κ2) is 8.65. The summed E-state index contributed by atoms with van der Waals surface area (Å²) in [6.07, 6.45) is 1.56. The van der Waals surface area contributed by atoms with Crippen LogP contribution in [0.2, 0.25) is 0 Å². The van der Waals surface area contributed by atoms with Crippen LogP contribution in [0.15, 0.2) is 63.7 Å². The van der Waals surface area contributed by atoms with Crippen molar-refractivity contribution in [3.8, 4) is 11.1 Å². The fourth-order valence-electron chi connectivity index (χ4n) is 2.94. The minimum Gasteiger partial charge on any atom is -0.324 e. The van der Waals surface area contributed by atoms with Gasteiger partial charge in [0.15, 0.2) is 0 Å². The Morgan fingerprint density at radius 1 is 1.10 bits per heavy atom. The summed E-state index contributed by atoms with van der Waals surface area (Å²) in [7, 11) is 0. The predicted octanol–water partition coefficient (Wildman–Crippen LogP) is 6.47. The van der Waals surface area contributed by atoms with Gasteiger partial charge in [-0.3, -0.25) is 4.79 Å². The number of carbonyl (C=O) groups is 1.